The zero-order valence-corrected chi connectivity index (χ0v) is 16.1. The van der Waals surface area contributed by atoms with Gasteiger partial charge in [0.2, 0.25) is 0 Å². The van der Waals surface area contributed by atoms with Crippen LogP contribution >= 0.6 is 0 Å². The lowest BCUT2D eigenvalue weighted by atomic mass is 10.00. The second-order valence-electron chi connectivity index (χ2n) is 6.51. The molecule has 26 heavy (non-hydrogen) atoms. The van der Waals surface area contributed by atoms with Crippen LogP contribution in [0.3, 0.4) is 0 Å². The van der Waals surface area contributed by atoms with Crippen LogP contribution in [0.5, 0.6) is 0 Å². The quantitative estimate of drug-likeness (QED) is 0.446. The van der Waals surface area contributed by atoms with E-state index in [1.807, 2.05) is 44.9 Å². The molecule has 0 bridgehead atoms. The summed E-state index contributed by atoms with van der Waals surface area (Å²) in [7, 11) is 1.96. The van der Waals surface area contributed by atoms with Crippen LogP contribution in [-0.2, 0) is 0 Å². The fourth-order valence-corrected chi connectivity index (χ4v) is 2.58. The molecule has 0 radical (unpaired) electrons. The molecule has 1 N–H and O–H groups in total. The highest BCUT2D eigenvalue weighted by Gasteiger charge is 2.12. The van der Waals surface area contributed by atoms with E-state index in [4.69, 9.17) is 0 Å². The fourth-order valence-electron chi connectivity index (χ4n) is 2.58. The maximum Gasteiger partial charge on any atom is 0.182 e. The van der Waals surface area contributed by atoms with E-state index in [1.165, 1.54) is 12.1 Å². The highest BCUT2D eigenvalue weighted by atomic mass is 19.1. The Kier molecular flexibility index (Phi) is 6.50. The van der Waals surface area contributed by atoms with E-state index in [0.29, 0.717) is 5.56 Å². The number of nitrogens with zero attached hydrogens (tertiary/aromatic N) is 2. The van der Waals surface area contributed by atoms with E-state index in [0.717, 1.165) is 34.6 Å². The van der Waals surface area contributed by atoms with Gasteiger partial charge in [-0.3, -0.25) is 4.79 Å². The summed E-state index contributed by atoms with van der Waals surface area (Å²) in [6.45, 7) is 8.78. The summed E-state index contributed by atoms with van der Waals surface area (Å²) >= 11 is 0. The average Bonchev–Trinajstić information content (AvgIpc) is 2.60. The van der Waals surface area contributed by atoms with Gasteiger partial charge in [0.15, 0.2) is 5.78 Å². The SMILES string of the molecule is CCN(C)C=Nc1cc(C)c(C(=O)CNc2ccc(F)cc2C)cc1C. The van der Waals surface area contributed by atoms with E-state index < -0.39 is 0 Å². The largest absolute Gasteiger partial charge is 0.377 e. The smallest absolute Gasteiger partial charge is 0.182 e. The van der Waals surface area contributed by atoms with Gasteiger partial charge in [0.05, 0.1) is 18.6 Å². The Hall–Kier alpha value is -2.69. The third kappa shape index (κ3) is 4.91. The second-order valence-corrected chi connectivity index (χ2v) is 6.51. The Morgan fingerprint density at radius 1 is 1.15 bits per heavy atom. The summed E-state index contributed by atoms with van der Waals surface area (Å²) in [6.07, 6.45) is 1.79. The fraction of sp³-hybridized carbons (Fsp3) is 0.333. The predicted octanol–water partition coefficient (Wildman–Crippen LogP) is 4.66. The molecular formula is C21H26FN3O. The van der Waals surface area contributed by atoms with Gasteiger partial charge in [-0.15, -0.1) is 0 Å². The van der Waals surface area contributed by atoms with E-state index in [9.17, 15) is 9.18 Å². The van der Waals surface area contributed by atoms with Gasteiger partial charge in [-0.2, -0.15) is 0 Å². The molecule has 0 fully saturated rings. The van der Waals surface area contributed by atoms with Crippen molar-refractivity contribution in [1.29, 1.82) is 0 Å². The average molecular weight is 355 g/mol. The van der Waals surface area contributed by atoms with Crippen LogP contribution in [0.4, 0.5) is 15.8 Å². The van der Waals surface area contributed by atoms with Gasteiger partial charge in [0.1, 0.15) is 5.82 Å². The van der Waals surface area contributed by atoms with Crippen molar-refractivity contribution in [3.63, 3.8) is 0 Å². The first kappa shape index (κ1) is 19.6. The Bertz CT molecular complexity index is 830. The number of nitrogens with one attached hydrogen (secondary N) is 1. The number of aliphatic imine (C=N–C) groups is 1. The van der Waals surface area contributed by atoms with Gasteiger partial charge in [0, 0.05) is 24.8 Å². The molecular weight excluding hydrogens is 329 g/mol. The second kappa shape index (κ2) is 8.61. The van der Waals surface area contributed by atoms with E-state index in [2.05, 4.69) is 17.2 Å². The number of aryl methyl sites for hydroxylation is 3. The van der Waals surface area contributed by atoms with Crippen LogP contribution in [0, 0.1) is 26.6 Å². The molecule has 0 atom stereocenters. The Morgan fingerprint density at radius 2 is 1.88 bits per heavy atom. The number of rotatable bonds is 7. The Morgan fingerprint density at radius 3 is 2.54 bits per heavy atom. The lowest BCUT2D eigenvalue weighted by Gasteiger charge is -2.13. The molecule has 2 aromatic carbocycles. The monoisotopic (exact) mass is 355 g/mol. The summed E-state index contributed by atoms with van der Waals surface area (Å²) in [4.78, 5) is 19.1. The number of carbonyl (C=O) groups excluding carboxylic acids is 1. The van der Waals surface area contributed by atoms with E-state index in [1.54, 1.807) is 12.4 Å². The first-order valence-electron chi connectivity index (χ1n) is 8.70. The Balaban J connectivity index is 2.13. The van der Waals surface area contributed by atoms with Crippen molar-refractivity contribution in [2.45, 2.75) is 27.7 Å². The first-order valence-corrected chi connectivity index (χ1v) is 8.70. The number of ketones is 1. The highest BCUT2D eigenvalue weighted by molar-refractivity contribution is 6.00. The van der Waals surface area contributed by atoms with Gasteiger partial charge in [-0.25, -0.2) is 9.38 Å². The van der Waals surface area contributed by atoms with E-state index >= 15 is 0 Å². The molecule has 0 aromatic heterocycles. The van der Waals surface area contributed by atoms with Crippen LogP contribution in [0.15, 0.2) is 35.3 Å². The molecule has 0 aliphatic carbocycles. The van der Waals surface area contributed by atoms with Gasteiger partial charge < -0.3 is 10.2 Å². The van der Waals surface area contributed by atoms with Crippen LogP contribution in [0.2, 0.25) is 0 Å². The summed E-state index contributed by atoms with van der Waals surface area (Å²) in [5.41, 5.74) is 4.93. The van der Waals surface area contributed by atoms with Gasteiger partial charge >= 0.3 is 0 Å². The third-order valence-corrected chi connectivity index (χ3v) is 4.36. The zero-order valence-electron chi connectivity index (χ0n) is 16.1. The number of anilines is 1. The van der Waals surface area contributed by atoms with Crippen LogP contribution in [-0.4, -0.2) is 37.2 Å². The van der Waals surface area contributed by atoms with E-state index in [-0.39, 0.29) is 18.1 Å². The summed E-state index contributed by atoms with van der Waals surface area (Å²) < 4.78 is 13.2. The minimum atomic E-state index is -0.282. The van der Waals surface area contributed by atoms with Crippen molar-refractivity contribution in [1.82, 2.24) is 4.90 Å². The third-order valence-electron chi connectivity index (χ3n) is 4.36. The highest BCUT2D eigenvalue weighted by Crippen LogP contribution is 2.24. The maximum absolute atomic E-state index is 13.2. The lowest BCUT2D eigenvalue weighted by Crippen LogP contribution is -2.16. The molecule has 0 unspecified atom stereocenters. The summed E-state index contributed by atoms with van der Waals surface area (Å²) in [5.74, 6) is -0.286. The Labute approximate surface area is 154 Å². The molecule has 0 saturated heterocycles. The van der Waals surface area contributed by atoms with Gasteiger partial charge in [-0.1, -0.05) is 0 Å². The number of hydrogen-bond acceptors (Lipinski definition) is 3. The molecule has 138 valence electrons. The van der Waals surface area contributed by atoms with Gasteiger partial charge in [0.25, 0.3) is 0 Å². The van der Waals surface area contributed by atoms with Gasteiger partial charge in [-0.05, 0) is 74.7 Å². The summed E-state index contributed by atoms with van der Waals surface area (Å²) in [6, 6.07) is 8.30. The molecule has 2 aromatic rings. The van der Waals surface area contributed by atoms with Crippen molar-refractivity contribution >= 4 is 23.5 Å². The molecule has 5 heteroatoms. The number of halogens is 1. The van der Waals surface area contributed by atoms with Crippen molar-refractivity contribution < 1.29 is 9.18 Å². The normalized spacial score (nSPS) is 11.0. The molecule has 0 saturated carbocycles. The van der Waals surface area contributed by atoms with Crippen molar-refractivity contribution in [2.24, 2.45) is 4.99 Å². The lowest BCUT2D eigenvalue weighted by molar-refractivity contribution is 0.101. The van der Waals surface area contributed by atoms with Crippen LogP contribution in [0.1, 0.15) is 34.0 Å². The van der Waals surface area contributed by atoms with Crippen molar-refractivity contribution in [3.05, 3.63) is 58.4 Å². The molecule has 0 heterocycles. The predicted molar refractivity (Wildman–Crippen MR) is 106 cm³/mol. The number of benzene rings is 2. The molecule has 0 amide bonds. The first-order chi connectivity index (χ1) is 12.3. The van der Waals surface area contributed by atoms with Crippen molar-refractivity contribution in [3.8, 4) is 0 Å². The number of Topliss-reactive ketones (excluding diaryl/α,β-unsaturated/α-hetero) is 1. The molecule has 0 spiro atoms. The van der Waals surface area contributed by atoms with Crippen molar-refractivity contribution in [2.75, 3.05) is 25.5 Å². The van der Waals surface area contributed by atoms with Crippen LogP contribution < -0.4 is 5.32 Å². The topological polar surface area (TPSA) is 44.7 Å². The number of hydrogen-bond donors (Lipinski definition) is 1. The maximum atomic E-state index is 13.2. The number of carbonyl (C=O) groups is 1. The summed E-state index contributed by atoms with van der Waals surface area (Å²) in [5, 5.41) is 3.09. The zero-order chi connectivity index (χ0) is 19.3. The molecule has 0 aliphatic rings. The minimum absolute atomic E-state index is 0.00414. The van der Waals surface area contributed by atoms with Crippen LogP contribution in [0.25, 0.3) is 0 Å². The molecule has 4 nitrogen and oxygen atoms in total. The minimum Gasteiger partial charge on any atom is -0.377 e. The molecule has 0 aliphatic heterocycles. The standard InChI is InChI=1S/C21H26FN3O/c1-6-25(5)13-24-20-11-14(2)18(10-16(20)4)21(26)12-23-19-8-7-17(22)9-15(19)3/h7-11,13,23H,6,12H2,1-5H3. The molecule has 2 rings (SSSR count).